The second kappa shape index (κ2) is 7.04. The zero-order valence-corrected chi connectivity index (χ0v) is 14.5. The van der Waals surface area contributed by atoms with Gasteiger partial charge in [0.2, 0.25) is 5.95 Å². The molecule has 1 saturated heterocycles. The molecule has 0 radical (unpaired) electrons. The van der Waals surface area contributed by atoms with Gasteiger partial charge in [-0.25, -0.2) is 9.97 Å². The summed E-state index contributed by atoms with van der Waals surface area (Å²) in [5, 5.41) is 0. The van der Waals surface area contributed by atoms with E-state index in [-0.39, 0.29) is 5.91 Å². The molecule has 1 fully saturated rings. The molecule has 2 aromatic heterocycles. The highest BCUT2D eigenvalue weighted by molar-refractivity contribution is 9.10. The Bertz CT molecular complexity index is 691. The minimum Gasteiger partial charge on any atom is -0.339 e. The van der Waals surface area contributed by atoms with E-state index >= 15 is 0 Å². The number of rotatable bonds is 2. The van der Waals surface area contributed by atoms with E-state index in [4.69, 9.17) is 0 Å². The molecular weight excluding hydrogens is 358 g/mol. The van der Waals surface area contributed by atoms with Gasteiger partial charge in [0.1, 0.15) is 0 Å². The SMILES string of the molecule is Cc1cncc(C(=O)N2CCCN(c3ncc(Br)cn3)CC2)c1. The van der Waals surface area contributed by atoms with Gasteiger partial charge in [-0.2, -0.15) is 0 Å². The lowest BCUT2D eigenvalue weighted by Crippen LogP contribution is -2.35. The summed E-state index contributed by atoms with van der Waals surface area (Å²) in [5.41, 5.74) is 1.65. The minimum atomic E-state index is 0.0415. The standard InChI is InChI=1S/C16H18BrN5O/c1-12-7-13(9-18-8-12)15(23)21-3-2-4-22(6-5-21)16-19-10-14(17)11-20-16/h7-11H,2-6H2,1H3. The number of hydrogen-bond acceptors (Lipinski definition) is 5. The predicted octanol–water partition coefficient (Wildman–Crippen LogP) is 2.30. The summed E-state index contributed by atoms with van der Waals surface area (Å²) in [6.07, 6.45) is 7.77. The predicted molar refractivity (Wildman–Crippen MR) is 91.4 cm³/mol. The highest BCUT2D eigenvalue weighted by atomic mass is 79.9. The van der Waals surface area contributed by atoms with Gasteiger partial charge in [-0.3, -0.25) is 9.78 Å². The summed E-state index contributed by atoms with van der Waals surface area (Å²) in [6.45, 7) is 4.91. The topological polar surface area (TPSA) is 62.2 Å². The Morgan fingerprint density at radius 2 is 1.87 bits per heavy atom. The van der Waals surface area contributed by atoms with Crippen molar-refractivity contribution >= 4 is 27.8 Å². The number of aryl methyl sites for hydroxylation is 1. The molecule has 0 N–H and O–H groups in total. The fourth-order valence-corrected chi connectivity index (χ4v) is 2.85. The van der Waals surface area contributed by atoms with Crippen molar-refractivity contribution in [3.05, 3.63) is 46.5 Å². The third kappa shape index (κ3) is 3.85. The number of hydrogen-bond donors (Lipinski definition) is 0. The van der Waals surface area contributed by atoms with Crippen LogP contribution in [0.15, 0.2) is 35.3 Å². The molecule has 0 saturated carbocycles. The number of aromatic nitrogens is 3. The maximum atomic E-state index is 12.6. The molecule has 0 unspecified atom stereocenters. The van der Waals surface area contributed by atoms with Crippen molar-refractivity contribution in [3.63, 3.8) is 0 Å². The Morgan fingerprint density at radius 1 is 1.09 bits per heavy atom. The Labute approximate surface area is 143 Å². The first-order valence-electron chi connectivity index (χ1n) is 7.57. The zero-order valence-electron chi connectivity index (χ0n) is 12.9. The van der Waals surface area contributed by atoms with Crippen LogP contribution in [0.4, 0.5) is 5.95 Å². The van der Waals surface area contributed by atoms with Crippen LogP contribution in [0.5, 0.6) is 0 Å². The normalized spacial score (nSPS) is 15.4. The van der Waals surface area contributed by atoms with Crippen LogP contribution in [0.2, 0.25) is 0 Å². The summed E-state index contributed by atoms with van der Waals surface area (Å²) >= 11 is 3.34. The van der Waals surface area contributed by atoms with Gasteiger partial charge in [-0.1, -0.05) is 0 Å². The van der Waals surface area contributed by atoms with E-state index < -0.39 is 0 Å². The molecule has 2 aromatic rings. The number of carbonyl (C=O) groups excluding carboxylic acids is 1. The molecule has 23 heavy (non-hydrogen) atoms. The van der Waals surface area contributed by atoms with Crippen molar-refractivity contribution in [3.8, 4) is 0 Å². The van der Waals surface area contributed by atoms with Gasteiger partial charge in [0.05, 0.1) is 10.0 Å². The second-order valence-electron chi connectivity index (χ2n) is 5.59. The third-order valence-corrected chi connectivity index (χ3v) is 4.20. The number of halogens is 1. The van der Waals surface area contributed by atoms with Crippen molar-refractivity contribution in [2.24, 2.45) is 0 Å². The highest BCUT2D eigenvalue weighted by Gasteiger charge is 2.21. The molecule has 0 bridgehead atoms. The Balaban J connectivity index is 1.68. The van der Waals surface area contributed by atoms with Crippen molar-refractivity contribution in [2.75, 3.05) is 31.1 Å². The largest absolute Gasteiger partial charge is 0.339 e. The lowest BCUT2D eigenvalue weighted by molar-refractivity contribution is 0.0766. The summed E-state index contributed by atoms with van der Waals surface area (Å²) in [5.74, 6) is 0.750. The van der Waals surface area contributed by atoms with Crippen LogP contribution < -0.4 is 4.90 Å². The van der Waals surface area contributed by atoms with Gasteiger partial charge in [-0.05, 0) is 40.9 Å². The molecule has 7 heteroatoms. The van der Waals surface area contributed by atoms with Crippen molar-refractivity contribution in [1.29, 1.82) is 0 Å². The summed E-state index contributed by atoms with van der Waals surface area (Å²) in [4.78, 5) is 29.4. The van der Waals surface area contributed by atoms with E-state index in [1.54, 1.807) is 24.8 Å². The molecule has 0 aromatic carbocycles. The molecule has 0 aliphatic carbocycles. The van der Waals surface area contributed by atoms with Crippen LogP contribution in [0.1, 0.15) is 22.3 Å². The monoisotopic (exact) mass is 375 g/mol. The number of amides is 1. The number of nitrogens with zero attached hydrogens (tertiary/aromatic N) is 5. The van der Waals surface area contributed by atoms with E-state index in [9.17, 15) is 4.79 Å². The van der Waals surface area contributed by atoms with Crippen LogP contribution in [0.3, 0.4) is 0 Å². The van der Waals surface area contributed by atoms with Crippen LogP contribution in [-0.2, 0) is 0 Å². The highest BCUT2D eigenvalue weighted by Crippen LogP contribution is 2.15. The van der Waals surface area contributed by atoms with Crippen molar-refractivity contribution in [2.45, 2.75) is 13.3 Å². The second-order valence-corrected chi connectivity index (χ2v) is 6.50. The van der Waals surface area contributed by atoms with Gasteiger partial charge < -0.3 is 9.80 Å². The van der Waals surface area contributed by atoms with E-state index in [0.29, 0.717) is 18.1 Å². The first-order chi connectivity index (χ1) is 11.1. The number of pyridine rings is 1. The van der Waals surface area contributed by atoms with E-state index in [2.05, 4.69) is 35.8 Å². The molecule has 1 aliphatic rings. The van der Waals surface area contributed by atoms with Gasteiger partial charge in [-0.15, -0.1) is 0 Å². The van der Waals surface area contributed by atoms with Gasteiger partial charge in [0, 0.05) is 51.0 Å². The fraction of sp³-hybridized carbons (Fsp3) is 0.375. The maximum Gasteiger partial charge on any atom is 0.255 e. The average Bonchev–Trinajstić information content (AvgIpc) is 2.81. The number of carbonyl (C=O) groups is 1. The van der Waals surface area contributed by atoms with Gasteiger partial charge >= 0.3 is 0 Å². The molecule has 1 aliphatic heterocycles. The Kier molecular flexibility index (Phi) is 4.85. The Hall–Kier alpha value is -2.02. The van der Waals surface area contributed by atoms with E-state index in [0.717, 1.165) is 36.1 Å². The molecule has 1 amide bonds. The maximum absolute atomic E-state index is 12.6. The molecule has 0 atom stereocenters. The quantitative estimate of drug-likeness (QED) is 0.805. The van der Waals surface area contributed by atoms with Gasteiger partial charge in [0.15, 0.2) is 0 Å². The molecule has 0 spiro atoms. The van der Waals surface area contributed by atoms with Crippen LogP contribution >= 0.6 is 15.9 Å². The van der Waals surface area contributed by atoms with Crippen molar-refractivity contribution < 1.29 is 4.79 Å². The van der Waals surface area contributed by atoms with E-state index in [1.807, 2.05) is 17.9 Å². The third-order valence-electron chi connectivity index (χ3n) is 3.79. The molecule has 3 heterocycles. The molecule has 3 rings (SSSR count). The van der Waals surface area contributed by atoms with Crippen LogP contribution in [0, 0.1) is 6.92 Å². The first kappa shape index (κ1) is 15.9. The van der Waals surface area contributed by atoms with Crippen LogP contribution in [-0.4, -0.2) is 51.9 Å². The Morgan fingerprint density at radius 3 is 2.61 bits per heavy atom. The lowest BCUT2D eigenvalue weighted by atomic mass is 10.2. The average molecular weight is 376 g/mol. The van der Waals surface area contributed by atoms with Crippen molar-refractivity contribution in [1.82, 2.24) is 19.9 Å². The van der Waals surface area contributed by atoms with Crippen LogP contribution in [0.25, 0.3) is 0 Å². The van der Waals surface area contributed by atoms with E-state index in [1.165, 1.54) is 0 Å². The summed E-state index contributed by atoms with van der Waals surface area (Å²) in [6, 6.07) is 1.88. The fourth-order valence-electron chi connectivity index (χ4n) is 2.64. The number of anilines is 1. The zero-order chi connectivity index (χ0) is 16.2. The first-order valence-corrected chi connectivity index (χ1v) is 8.36. The molecular formula is C16H18BrN5O. The van der Waals surface area contributed by atoms with Gasteiger partial charge in [0.25, 0.3) is 5.91 Å². The summed E-state index contributed by atoms with van der Waals surface area (Å²) in [7, 11) is 0. The molecule has 120 valence electrons. The summed E-state index contributed by atoms with van der Waals surface area (Å²) < 4.78 is 0.861. The lowest BCUT2D eigenvalue weighted by Gasteiger charge is -2.22. The molecule has 6 nitrogen and oxygen atoms in total. The minimum absolute atomic E-state index is 0.0415. The smallest absolute Gasteiger partial charge is 0.255 e.